The van der Waals surface area contributed by atoms with Crippen LogP contribution in [-0.2, 0) is 10.3 Å². The highest BCUT2D eigenvalue weighted by atomic mass is 16.4. The molecule has 1 aromatic carbocycles. The Kier molecular flexibility index (Phi) is 3.44. The summed E-state index contributed by atoms with van der Waals surface area (Å²) in [7, 11) is 0. The van der Waals surface area contributed by atoms with Crippen LogP contribution >= 0.6 is 0 Å². The molecule has 18 heavy (non-hydrogen) atoms. The third-order valence-corrected chi connectivity index (χ3v) is 4.06. The van der Waals surface area contributed by atoms with E-state index in [1.165, 1.54) is 5.56 Å². The van der Waals surface area contributed by atoms with Crippen molar-refractivity contribution in [1.82, 2.24) is 4.90 Å². The van der Waals surface area contributed by atoms with Gasteiger partial charge in [0.25, 0.3) is 0 Å². The average Bonchev–Trinajstić information content (AvgIpc) is 2.81. The van der Waals surface area contributed by atoms with Gasteiger partial charge in [-0.15, -0.1) is 0 Å². The number of carboxylic acids is 1. The lowest BCUT2D eigenvalue weighted by Gasteiger charge is -2.36. The van der Waals surface area contributed by atoms with Crippen molar-refractivity contribution in [3.8, 4) is 0 Å². The van der Waals surface area contributed by atoms with Crippen LogP contribution in [0.15, 0.2) is 18.2 Å². The predicted molar refractivity (Wildman–Crippen MR) is 71.7 cm³/mol. The number of aliphatic carboxylic acids is 1. The number of hydrogen-bond acceptors (Lipinski definition) is 2. The summed E-state index contributed by atoms with van der Waals surface area (Å²) in [5.74, 6) is -0.753. The van der Waals surface area contributed by atoms with Gasteiger partial charge in [0.05, 0.1) is 0 Å². The minimum absolute atomic E-state index is 0.753. The minimum atomic E-state index is -0.895. The monoisotopic (exact) mass is 247 g/mol. The van der Waals surface area contributed by atoms with E-state index in [1.807, 2.05) is 32.9 Å². The Morgan fingerprint density at radius 2 is 1.89 bits per heavy atom. The lowest BCUT2D eigenvalue weighted by atomic mass is 9.86. The smallest absolute Gasteiger partial charge is 0.328 e. The van der Waals surface area contributed by atoms with Gasteiger partial charge in [-0.1, -0.05) is 23.8 Å². The standard InChI is InChI=1S/C15H21NO2/c1-11-6-7-13(12(2)10-11)15(3,14(17)18)16-8-4-5-9-16/h6-7,10H,4-5,8-9H2,1-3H3,(H,17,18). The predicted octanol–water partition coefficient (Wildman–Crippen LogP) is 2.70. The van der Waals surface area contributed by atoms with Crippen LogP contribution in [0.2, 0.25) is 0 Å². The van der Waals surface area contributed by atoms with E-state index in [1.54, 1.807) is 0 Å². The number of rotatable bonds is 3. The topological polar surface area (TPSA) is 40.5 Å². The van der Waals surface area contributed by atoms with Crippen molar-refractivity contribution < 1.29 is 9.90 Å². The van der Waals surface area contributed by atoms with Crippen molar-refractivity contribution in [3.63, 3.8) is 0 Å². The third-order valence-electron chi connectivity index (χ3n) is 4.06. The van der Waals surface area contributed by atoms with Crippen LogP contribution in [-0.4, -0.2) is 29.1 Å². The molecule has 1 aromatic rings. The molecule has 0 aromatic heterocycles. The van der Waals surface area contributed by atoms with E-state index in [0.717, 1.165) is 37.1 Å². The largest absolute Gasteiger partial charge is 0.480 e. The quantitative estimate of drug-likeness (QED) is 0.892. The number of carbonyl (C=O) groups is 1. The molecule has 0 bridgehead atoms. The summed E-state index contributed by atoms with van der Waals surface area (Å²) >= 11 is 0. The Bertz CT molecular complexity index is 464. The number of nitrogens with zero attached hydrogens (tertiary/aromatic N) is 1. The molecule has 2 rings (SSSR count). The minimum Gasteiger partial charge on any atom is -0.480 e. The Morgan fingerprint density at radius 1 is 1.28 bits per heavy atom. The molecule has 3 heteroatoms. The van der Waals surface area contributed by atoms with Gasteiger partial charge in [-0.25, -0.2) is 4.79 Å². The van der Waals surface area contributed by atoms with E-state index in [9.17, 15) is 9.90 Å². The van der Waals surface area contributed by atoms with E-state index in [4.69, 9.17) is 0 Å². The molecule has 0 aliphatic carbocycles. The SMILES string of the molecule is Cc1ccc(C(C)(C(=O)O)N2CCCC2)c(C)c1. The molecule has 1 atom stereocenters. The Balaban J connectivity index is 2.49. The maximum absolute atomic E-state index is 11.8. The van der Waals surface area contributed by atoms with Crippen LogP contribution < -0.4 is 0 Å². The molecule has 1 heterocycles. The maximum Gasteiger partial charge on any atom is 0.328 e. The van der Waals surface area contributed by atoms with E-state index in [0.29, 0.717) is 0 Å². The van der Waals surface area contributed by atoms with Gasteiger partial charge < -0.3 is 5.11 Å². The molecule has 0 spiro atoms. The average molecular weight is 247 g/mol. The van der Waals surface area contributed by atoms with Crippen molar-refractivity contribution in [1.29, 1.82) is 0 Å². The normalized spacial score (nSPS) is 19.7. The molecule has 1 fully saturated rings. The van der Waals surface area contributed by atoms with Gasteiger partial charge in [0.15, 0.2) is 0 Å². The maximum atomic E-state index is 11.8. The van der Waals surface area contributed by atoms with Crippen LogP contribution in [0.4, 0.5) is 0 Å². The third kappa shape index (κ3) is 2.03. The zero-order valence-electron chi connectivity index (χ0n) is 11.4. The molecule has 1 N–H and O–H groups in total. The number of carboxylic acid groups (broad SMARTS) is 1. The number of hydrogen-bond donors (Lipinski definition) is 1. The molecule has 0 amide bonds. The van der Waals surface area contributed by atoms with Gasteiger partial charge in [-0.3, -0.25) is 4.90 Å². The highest BCUT2D eigenvalue weighted by Crippen LogP contribution is 2.34. The molecule has 1 aliphatic heterocycles. The lowest BCUT2D eigenvalue weighted by Crippen LogP contribution is -2.48. The molecular formula is C15H21NO2. The molecule has 1 aliphatic rings. The molecule has 3 nitrogen and oxygen atoms in total. The van der Waals surface area contributed by atoms with Crippen molar-refractivity contribution in [2.75, 3.05) is 13.1 Å². The van der Waals surface area contributed by atoms with E-state index < -0.39 is 11.5 Å². The lowest BCUT2D eigenvalue weighted by molar-refractivity contribution is -0.150. The zero-order valence-corrected chi connectivity index (χ0v) is 11.4. The summed E-state index contributed by atoms with van der Waals surface area (Å²) in [4.78, 5) is 13.9. The summed E-state index contributed by atoms with van der Waals surface area (Å²) < 4.78 is 0. The number of likely N-dealkylation sites (tertiary alicyclic amines) is 1. The first-order valence-corrected chi connectivity index (χ1v) is 6.52. The van der Waals surface area contributed by atoms with Gasteiger partial charge >= 0.3 is 5.97 Å². The first-order valence-electron chi connectivity index (χ1n) is 6.52. The van der Waals surface area contributed by atoms with Gasteiger partial charge in [0, 0.05) is 0 Å². The first kappa shape index (κ1) is 13.1. The van der Waals surface area contributed by atoms with Gasteiger partial charge in [0.2, 0.25) is 0 Å². The molecule has 0 radical (unpaired) electrons. The Labute approximate surface area is 108 Å². The second-order valence-electron chi connectivity index (χ2n) is 5.39. The van der Waals surface area contributed by atoms with Crippen LogP contribution in [0.25, 0.3) is 0 Å². The van der Waals surface area contributed by atoms with Crippen LogP contribution in [0.3, 0.4) is 0 Å². The fraction of sp³-hybridized carbons (Fsp3) is 0.533. The molecular weight excluding hydrogens is 226 g/mol. The number of benzene rings is 1. The fourth-order valence-electron chi connectivity index (χ4n) is 2.94. The summed E-state index contributed by atoms with van der Waals surface area (Å²) in [5.41, 5.74) is 2.26. The van der Waals surface area contributed by atoms with Crippen molar-refractivity contribution in [2.45, 2.75) is 39.2 Å². The summed E-state index contributed by atoms with van der Waals surface area (Å²) in [6, 6.07) is 6.03. The van der Waals surface area contributed by atoms with E-state index in [-0.39, 0.29) is 0 Å². The molecule has 0 saturated carbocycles. The highest BCUT2D eigenvalue weighted by molar-refractivity contribution is 5.81. The van der Waals surface area contributed by atoms with Crippen molar-refractivity contribution >= 4 is 5.97 Å². The second kappa shape index (κ2) is 4.73. The van der Waals surface area contributed by atoms with Crippen molar-refractivity contribution in [2.24, 2.45) is 0 Å². The molecule has 1 unspecified atom stereocenters. The van der Waals surface area contributed by atoms with Crippen molar-refractivity contribution in [3.05, 3.63) is 34.9 Å². The van der Waals surface area contributed by atoms with Gasteiger partial charge in [0.1, 0.15) is 5.54 Å². The zero-order chi connectivity index (χ0) is 13.3. The second-order valence-corrected chi connectivity index (χ2v) is 5.39. The van der Waals surface area contributed by atoms with E-state index in [2.05, 4.69) is 11.0 Å². The summed E-state index contributed by atoms with van der Waals surface area (Å²) in [6.07, 6.45) is 2.18. The van der Waals surface area contributed by atoms with E-state index >= 15 is 0 Å². The molecule has 98 valence electrons. The van der Waals surface area contributed by atoms with Crippen LogP contribution in [0.5, 0.6) is 0 Å². The fourth-order valence-corrected chi connectivity index (χ4v) is 2.94. The highest BCUT2D eigenvalue weighted by Gasteiger charge is 2.43. The Hall–Kier alpha value is -1.35. The van der Waals surface area contributed by atoms with Gasteiger partial charge in [-0.05, 0) is 57.8 Å². The van der Waals surface area contributed by atoms with Gasteiger partial charge in [-0.2, -0.15) is 0 Å². The first-order chi connectivity index (χ1) is 8.46. The summed E-state index contributed by atoms with van der Waals surface area (Å²) in [5, 5.41) is 9.70. The molecule has 1 saturated heterocycles. The van der Waals surface area contributed by atoms with Crippen LogP contribution in [0.1, 0.15) is 36.5 Å². The number of aryl methyl sites for hydroxylation is 2. The Morgan fingerprint density at radius 3 is 2.39 bits per heavy atom. The summed E-state index contributed by atoms with van der Waals surface area (Å²) in [6.45, 7) is 7.61. The van der Waals surface area contributed by atoms with Crippen LogP contribution in [0, 0.1) is 13.8 Å².